The van der Waals surface area contributed by atoms with Crippen LogP contribution in [0.1, 0.15) is 23.5 Å². The minimum Gasteiger partial charge on any atom is -0.397 e. The van der Waals surface area contributed by atoms with E-state index in [1.807, 2.05) is 0 Å². The molecule has 6 heteroatoms. The number of halogens is 1. The van der Waals surface area contributed by atoms with Crippen molar-refractivity contribution >= 4 is 33.0 Å². The van der Waals surface area contributed by atoms with Crippen molar-refractivity contribution in [2.45, 2.75) is 13.8 Å². The first kappa shape index (κ1) is 15.7. The number of thiophene rings is 1. The molecule has 1 aromatic heterocycles. The van der Waals surface area contributed by atoms with Crippen molar-refractivity contribution in [2.24, 2.45) is 5.92 Å². The molecule has 0 aliphatic rings. The standard InChI is InChI=1S/C15H19FN2O2S/c1-9(2)8-20-6-5-18-15(19)14-13(17)11-7-10(16)3-4-12(11)21-14/h3-4,7,9H,5-6,8,17H2,1-2H3,(H,18,19). The lowest BCUT2D eigenvalue weighted by atomic mass is 10.2. The molecular formula is C15H19FN2O2S. The molecule has 1 amide bonds. The quantitative estimate of drug-likeness (QED) is 0.806. The van der Waals surface area contributed by atoms with Gasteiger partial charge in [0.2, 0.25) is 0 Å². The normalized spacial score (nSPS) is 11.2. The van der Waals surface area contributed by atoms with Gasteiger partial charge in [-0.2, -0.15) is 0 Å². The largest absolute Gasteiger partial charge is 0.397 e. The Morgan fingerprint density at radius 3 is 2.95 bits per heavy atom. The van der Waals surface area contributed by atoms with Crippen molar-refractivity contribution in [3.05, 3.63) is 28.9 Å². The van der Waals surface area contributed by atoms with Gasteiger partial charge in [0.05, 0.1) is 12.3 Å². The fourth-order valence-electron chi connectivity index (χ4n) is 1.89. The highest BCUT2D eigenvalue weighted by molar-refractivity contribution is 7.21. The first-order valence-electron chi connectivity index (χ1n) is 6.82. The molecule has 4 nitrogen and oxygen atoms in total. The Morgan fingerprint density at radius 1 is 1.48 bits per heavy atom. The molecular weight excluding hydrogens is 291 g/mol. The number of carbonyl (C=O) groups excluding carboxylic acids is 1. The Bertz CT molecular complexity index is 640. The zero-order valence-electron chi connectivity index (χ0n) is 12.1. The molecule has 0 aliphatic carbocycles. The predicted molar refractivity (Wildman–Crippen MR) is 84.2 cm³/mol. The third kappa shape index (κ3) is 3.92. The first-order chi connectivity index (χ1) is 9.99. The van der Waals surface area contributed by atoms with E-state index in [1.54, 1.807) is 6.07 Å². The highest BCUT2D eigenvalue weighted by atomic mass is 32.1. The molecule has 0 unspecified atom stereocenters. The average molecular weight is 310 g/mol. The maximum Gasteiger partial charge on any atom is 0.263 e. The number of amides is 1. The average Bonchev–Trinajstić information content (AvgIpc) is 2.75. The molecule has 1 aromatic carbocycles. The summed E-state index contributed by atoms with van der Waals surface area (Å²) in [6.07, 6.45) is 0. The molecule has 1 heterocycles. The molecule has 0 saturated heterocycles. The van der Waals surface area contributed by atoms with Crippen LogP contribution in [-0.2, 0) is 4.74 Å². The van der Waals surface area contributed by atoms with Gasteiger partial charge in [0.25, 0.3) is 5.91 Å². The van der Waals surface area contributed by atoms with E-state index in [0.29, 0.717) is 41.6 Å². The molecule has 0 spiro atoms. The van der Waals surface area contributed by atoms with Crippen LogP contribution in [0.2, 0.25) is 0 Å². The van der Waals surface area contributed by atoms with Gasteiger partial charge in [0, 0.05) is 23.2 Å². The number of hydrogen-bond acceptors (Lipinski definition) is 4. The summed E-state index contributed by atoms with van der Waals surface area (Å²) >= 11 is 1.26. The van der Waals surface area contributed by atoms with Crippen molar-refractivity contribution in [1.29, 1.82) is 0 Å². The van der Waals surface area contributed by atoms with Gasteiger partial charge in [0.1, 0.15) is 10.7 Å². The van der Waals surface area contributed by atoms with Gasteiger partial charge < -0.3 is 15.8 Å². The van der Waals surface area contributed by atoms with E-state index in [2.05, 4.69) is 19.2 Å². The Kier molecular flexibility index (Phi) is 5.14. The number of hydrogen-bond donors (Lipinski definition) is 2. The number of nitrogens with one attached hydrogen (secondary N) is 1. The molecule has 2 aromatic rings. The highest BCUT2D eigenvalue weighted by Crippen LogP contribution is 2.33. The van der Waals surface area contributed by atoms with Crippen molar-refractivity contribution in [3.8, 4) is 0 Å². The van der Waals surface area contributed by atoms with Gasteiger partial charge in [-0.15, -0.1) is 11.3 Å². The lowest BCUT2D eigenvalue weighted by Gasteiger charge is -2.07. The van der Waals surface area contributed by atoms with Crippen LogP contribution in [0.5, 0.6) is 0 Å². The Labute approximate surface area is 127 Å². The van der Waals surface area contributed by atoms with Gasteiger partial charge in [0.15, 0.2) is 0 Å². The van der Waals surface area contributed by atoms with E-state index in [9.17, 15) is 9.18 Å². The molecule has 114 valence electrons. The van der Waals surface area contributed by atoms with Gasteiger partial charge in [-0.25, -0.2) is 4.39 Å². The van der Waals surface area contributed by atoms with Gasteiger partial charge >= 0.3 is 0 Å². The summed E-state index contributed by atoms with van der Waals surface area (Å²) in [6, 6.07) is 4.34. The van der Waals surface area contributed by atoms with Crippen LogP contribution in [-0.4, -0.2) is 25.7 Å². The molecule has 0 fully saturated rings. The van der Waals surface area contributed by atoms with Gasteiger partial charge in [-0.3, -0.25) is 4.79 Å². The van der Waals surface area contributed by atoms with Crippen LogP contribution in [0.25, 0.3) is 10.1 Å². The summed E-state index contributed by atoms with van der Waals surface area (Å²) < 4.78 is 19.4. The minimum atomic E-state index is -0.360. The second-order valence-corrected chi connectivity index (χ2v) is 6.26. The second-order valence-electron chi connectivity index (χ2n) is 5.21. The number of nitrogens with two attached hydrogens (primary N) is 1. The summed E-state index contributed by atoms with van der Waals surface area (Å²) in [5.41, 5.74) is 6.26. The Balaban J connectivity index is 1.98. The Hall–Kier alpha value is -1.66. The van der Waals surface area contributed by atoms with Crippen LogP contribution in [0.15, 0.2) is 18.2 Å². The molecule has 0 radical (unpaired) electrons. The second kappa shape index (κ2) is 6.87. The van der Waals surface area contributed by atoms with Crippen molar-refractivity contribution in [2.75, 3.05) is 25.5 Å². The summed E-state index contributed by atoms with van der Waals surface area (Å²) in [5.74, 6) is -0.142. The van der Waals surface area contributed by atoms with Crippen LogP contribution in [0.3, 0.4) is 0 Å². The lowest BCUT2D eigenvalue weighted by molar-refractivity contribution is 0.0890. The monoisotopic (exact) mass is 310 g/mol. The number of rotatable bonds is 6. The van der Waals surface area contributed by atoms with Crippen molar-refractivity contribution < 1.29 is 13.9 Å². The topological polar surface area (TPSA) is 64.3 Å². The molecule has 2 rings (SSSR count). The molecule has 21 heavy (non-hydrogen) atoms. The molecule has 0 bridgehead atoms. The number of anilines is 1. The third-order valence-electron chi connectivity index (χ3n) is 2.88. The smallest absolute Gasteiger partial charge is 0.263 e. The summed E-state index contributed by atoms with van der Waals surface area (Å²) in [7, 11) is 0. The van der Waals surface area contributed by atoms with E-state index in [4.69, 9.17) is 10.5 Å². The first-order valence-corrected chi connectivity index (χ1v) is 7.64. The van der Waals surface area contributed by atoms with Crippen molar-refractivity contribution in [3.63, 3.8) is 0 Å². The summed E-state index contributed by atoms with van der Waals surface area (Å²) in [5, 5.41) is 3.35. The van der Waals surface area contributed by atoms with Gasteiger partial charge in [-0.05, 0) is 24.1 Å². The molecule has 0 aliphatic heterocycles. The van der Waals surface area contributed by atoms with Crippen LogP contribution < -0.4 is 11.1 Å². The van der Waals surface area contributed by atoms with Crippen LogP contribution >= 0.6 is 11.3 Å². The van der Waals surface area contributed by atoms with Crippen LogP contribution in [0, 0.1) is 11.7 Å². The van der Waals surface area contributed by atoms with E-state index < -0.39 is 0 Å². The zero-order valence-corrected chi connectivity index (χ0v) is 12.9. The van der Waals surface area contributed by atoms with Crippen LogP contribution in [0.4, 0.5) is 10.1 Å². The molecule has 0 saturated carbocycles. The zero-order chi connectivity index (χ0) is 15.4. The lowest BCUT2D eigenvalue weighted by Crippen LogP contribution is -2.27. The predicted octanol–water partition coefficient (Wildman–Crippen LogP) is 3.03. The summed E-state index contributed by atoms with van der Waals surface area (Å²) in [4.78, 5) is 12.5. The number of carbonyl (C=O) groups is 1. The fourth-order valence-corrected chi connectivity index (χ4v) is 2.91. The highest BCUT2D eigenvalue weighted by Gasteiger charge is 2.16. The SMILES string of the molecule is CC(C)COCCNC(=O)c1sc2ccc(F)cc2c1N. The van der Waals surface area contributed by atoms with E-state index in [0.717, 1.165) is 4.70 Å². The van der Waals surface area contributed by atoms with E-state index in [1.165, 1.54) is 23.5 Å². The van der Waals surface area contributed by atoms with E-state index >= 15 is 0 Å². The molecule has 3 N–H and O–H groups in total. The third-order valence-corrected chi connectivity index (χ3v) is 4.06. The van der Waals surface area contributed by atoms with Crippen molar-refractivity contribution in [1.82, 2.24) is 5.32 Å². The van der Waals surface area contributed by atoms with E-state index in [-0.39, 0.29) is 11.7 Å². The summed E-state index contributed by atoms with van der Waals surface area (Å²) in [6.45, 7) is 5.68. The number of nitrogen functional groups attached to an aromatic ring is 1. The maximum atomic E-state index is 13.2. The molecule has 0 atom stereocenters. The number of fused-ring (bicyclic) bond motifs is 1. The maximum absolute atomic E-state index is 13.2. The fraction of sp³-hybridized carbons (Fsp3) is 0.400. The Morgan fingerprint density at radius 2 is 2.24 bits per heavy atom. The number of ether oxygens (including phenoxy) is 1. The number of benzene rings is 1. The minimum absolute atomic E-state index is 0.248. The van der Waals surface area contributed by atoms with Gasteiger partial charge in [-0.1, -0.05) is 13.8 Å².